The quantitative estimate of drug-likeness (QED) is 0.775. The monoisotopic (exact) mass is 213 g/mol. The van der Waals surface area contributed by atoms with Gasteiger partial charge in [-0.1, -0.05) is 27.2 Å². The third-order valence-corrected chi connectivity index (χ3v) is 4.23. The van der Waals surface area contributed by atoms with Crippen LogP contribution in [-0.4, -0.2) is 35.2 Å². The third kappa shape index (κ3) is 3.46. The summed E-state index contributed by atoms with van der Waals surface area (Å²) in [5.41, 5.74) is 0. The molecule has 2 nitrogen and oxygen atoms in total. The molecule has 0 aromatic rings. The average Bonchev–Trinajstić information content (AvgIpc) is 2.23. The lowest BCUT2D eigenvalue weighted by Crippen LogP contribution is -2.47. The van der Waals surface area contributed by atoms with Gasteiger partial charge < -0.3 is 5.11 Å². The molecule has 1 aliphatic heterocycles. The Labute approximate surface area is 94.7 Å². The maximum Gasteiger partial charge on any atom is 0.0692 e. The molecular formula is C13H27NO. The number of aliphatic hydroxyl groups excluding tert-OH is 1. The molecule has 1 heterocycles. The van der Waals surface area contributed by atoms with Crippen LogP contribution in [0.3, 0.4) is 0 Å². The third-order valence-electron chi connectivity index (χ3n) is 4.23. The van der Waals surface area contributed by atoms with Crippen molar-refractivity contribution in [3.05, 3.63) is 0 Å². The van der Waals surface area contributed by atoms with Crippen LogP contribution in [0.2, 0.25) is 0 Å². The average molecular weight is 213 g/mol. The summed E-state index contributed by atoms with van der Waals surface area (Å²) in [4.78, 5) is 2.46. The number of piperidine rings is 1. The summed E-state index contributed by atoms with van der Waals surface area (Å²) in [7, 11) is 0. The highest BCUT2D eigenvalue weighted by Crippen LogP contribution is 2.23. The van der Waals surface area contributed by atoms with Crippen molar-refractivity contribution in [1.29, 1.82) is 0 Å². The standard InChI is InChI=1S/C13H27NO/c1-5-10(2)13(15)9-14-8-6-7-11(3)12(14)4/h10-13,15H,5-9H2,1-4H3. The molecule has 0 aliphatic carbocycles. The highest BCUT2D eigenvalue weighted by atomic mass is 16.3. The van der Waals surface area contributed by atoms with E-state index in [-0.39, 0.29) is 6.10 Å². The van der Waals surface area contributed by atoms with Gasteiger partial charge in [-0.05, 0) is 38.1 Å². The van der Waals surface area contributed by atoms with Gasteiger partial charge in [0.05, 0.1) is 6.10 Å². The first kappa shape index (κ1) is 13.0. The Kier molecular flexibility index (Phi) is 5.07. The van der Waals surface area contributed by atoms with Crippen molar-refractivity contribution in [3.63, 3.8) is 0 Å². The smallest absolute Gasteiger partial charge is 0.0692 e. The minimum Gasteiger partial charge on any atom is -0.392 e. The van der Waals surface area contributed by atoms with Crippen molar-refractivity contribution < 1.29 is 5.11 Å². The van der Waals surface area contributed by atoms with Crippen molar-refractivity contribution in [1.82, 2.24) is 4.90 Å². The van der Waals surface area contributed by atoms with E-state index in [1.54, 1.807) is 0 Å². The van der Waals surface area contributed by atoms with Crippen LogP contribution >= 0.6 is 0 Å². The van der Waals surface area contributed by atoms with Gasteiger partial charge in [-0.3, -0.25) is 4.90 Å². The molecule has 15 heavy (non-hydrogen) atoms. The maximum absolute atomic E-state index is 10.0. The largest absolute Gasteiger partial charge is 0.392 e. The summed E-state index contributed by atoms with van der Waals surface area (Å²) in [6.07, 6.45) is 3.55. The fraction of sp³-hybridized carbons (Fsp3) is 1.00. The molecule has 1 fully saturated rings. The summed E-state index contributed by atoms with van der Waals surface area (Å²) in [5, 5.41) is 10.0. The van der Waals surface area contributed by atoms with E-state index in [4.69, 9.17) is 0 Å². The lowest BCUT2D eigenvalue weighted by Gasteiger charge is -2.39. The van der Waals surface area contributed by atoms with E-state index in [2.05, 4.69) is 32.6 Å². The van der Waals surface area contributed by atoms with Crippen LogP contribution in [0.15, 0.2) is 0 Å². The zero-order valence-corrected chi connectivity index (χ0v) is 10.7. The Morgan fingerprint density at radius 3 is 2.67 bits per heavy atom. The van der Waals surface area contributed by atoms with E-state index in [9.17, 15) is 5.11 Å². The molecule has 0 bridgehead atoms. The van der Waals surface area contributed by atoms with Gasteiger partial charge >= 0.3 is 0 Å². The Hall–Kier alpha value is -0.0800. The summed E-state index contributed by atoms with van der Waals surface area (Å²) in [6.45, 7) is 10.9. The van der Waals surface area contributed by atoms with Crippen LogP contribution in [0.25, 0.3) is 0 Å². The van der Waals surface area contributed by atoms with Gasteiger partial charge in [0.15, 0.2) is 0 Å². The minimum absolute atomic E-state index is 0.150. The van der Waals surface area contributed by atoms with Gasteiger partial charge in [0.1, 0.15) is 0 Å². The first-order valence-corrected chi connectivity index (χ1v) is 6.48. The van der Waals surface area contributed by atoms with Crippen molar-refractivity contribution in [2.75, 3.05) is 13.1 Å². The Morgan fingerprint density at radius 1 is 1.40 bits per heavy atom. The highest BCUT2D eigenvalue weighted by Gasteiger charge is 2.27. The Morgan fingerprint density at radius 2 is 2.07 bits per heavy atom. The molecule has 1 N–H and O–H groups in total. The number of hydrogen-bond acceptors (Lipinski definition) is 2. The lowest BCUT2D eigenvalue weighted by molar-refractivity contribution is 0.0266. The van der Waals surface area contributed by atoms with E-state index in [0.717, 1.165) is 18.9 Å². The second-order valence-corrected chi connectivity index (χ2v) is 5.31. The van der Waals surface area contributed by atoms with E-state index in [1.165, 1.54) is 19.4 Å². The zero-order valence-electron chi connectivity index (χ0n) is 10.7. The number of rotatable bonds is 4. The molecular weight excluding hydrogens is 186 g/mol. The van der Waals surface area contributed by atoms with E-state index < -0.39 is 0 Å². The van der Waals surface area contributed by atoms with Crippen molar-refractivity contribution in [3.8, 4) is 0 Å². The minimum atomic E-state index is -0.150. The van der Waals surface area contributed by atoms with Gasteiger partial charge in [0.2, 0.25) is 0 Å². The number of hydrogen-bond donors (Lipinski definition) is 1. The lowest BCUT2D eigenvalue weighted by atomic mass is 9.91. The summed E-state index contributed by atoms with van der Waals surface area (Å²) >= 11 is 0. The summed E-state index contributed by atoms with van der Waals surface area (Å²) in [5.74, 6) is 1.21. The Balaban J connectivity index is 2.42. The second kappa shape index (κ2) is 5.86. The summed E-state index contributed by atoms with van der Waals surface area (Å²) in [6, 6.07) is 0.637. The van der Waals surface area contributed by atoms with Crippen LogP contribution in [0.1, 0.15) is 47.0 Å². The first-order valence-electron chi connectivity index (χ1n) is 6.48. The molecule has 0 amide bonds. The molecule has 2 heteroatoms. The molecule has 0 aromatic carbocycles. The van der Waals surface area contributed by atoms with Gasteiger partial charge in [-0.25, -0.2) is 0 Å². The van der Waals surface area contributed by atoms with Gasteiger partial charge in [-0.2, -0.15) is 0 Å². The molecule has 0 aromatic heterocycles. The van der Waals surface area contributed by atoms with Crippen LogP contribution in [-0.2, 0) is 0 Å². The topological polar surface area (TPSA) is 23.5 Å². The molecule has 1 rings (SSSR count). The zero-order chi connectivity index (χ0) is 11.4. The highest BCUT2D eigenvalue weighted by molar-refractivity contribution is 4.81. The molecule has 4 unspecified atom stereocenters. The second-order valence-electron chi connectivity index (χ2n) is 5.31. The van der Waals surface area contributed by atoms with E-state index in [1.807, 2.05) is 0 Å². The number of aliphatic hydroxyl groups is 1. The van der Waals surface area contributed by atoms with Crippen LogP contribution in [0.4, 0.5) is 0 Å². The van der Waals surface area contributed by atoms with Gasteiger partial charge in [-0.15, -0.1) is 0 Å². The van der Waals surface area contributed by atoms with Gasteiger partial charge in [0.25, 0.3) is 0 Å². The summed E-state index contributed by atoms with van der Waals surface area (Å²) < 4.78 is 0. The molecule has 1 aliphatic rings. The van der Waals surface area contributed by atoms with E-state index in [0.29, 0.717) is 12.0 Å². The maximum atomic E-state index is 10.0. The Bertz CT molecular complexity index is 183. The molecule has 0 saturated carbocycles. The first-order chi connectivity index (χ1) is 7.06. The molecule has 90 valence electrons. The molecule has 0 radical (unpaired) electrons. The van der Waals surface area contributed by atoms with Crippen LogP contribution < -0.4 is 0 Å². The van der Waals surface area contributed by atoms with Crippen LogP contribution in [0, 0.1) is 11.8 Å². The number of nitrogens with zero attached hydrogens (tertiary/aromatic N) is 1. The van der Waals surface area contributed by atoms with Crippen molar-refractivity contribution >= 4 is 0 Å². The number of β-amino-alcohol motifs (C(OH)–C–C–N with tert-alkyl or cyclic N) is 1. The fourth-order valence-corrected chi connectivity index (χ4v) is 2.37. The fourth-order valence-electron chi connectivity index (χ4n) is 2.37. The van der Waals surface area contributed by atoms with E-state index >= 15 is 0 Å². The molecule has 0 spiro atoms. The predicted octanol–water partition coefficient (Wildman–Crippen LogP) is 2.51. The normalized spacial score (nSPS) is 32.6. The molecule has 1 saturated heterocycles. The van der Waals surface area contributed by atoms with Crippen molar-refractivity contribution in [2.24, 2.45) is 11.8 Å². The SMILES string of the molecule is CCC(C)C(O)CN1CCCC(C)C1C. The van der Waals surface area contributed by atoms with Crippen molar-refractivity contribution in [2.45, 2.75) is 59.1 Å². The van der Waals surface area contributed by atoms with Gasteiger partial charge in [0, 0.05) is 12.6 Å². The molecule has 4 atom stereocenters. The van der Waals surface area contributed by atoms with Crippen LogP contribution in [0.5, 0.6) is 0 Å². The predicted molar refractivity (Wildman–Crippen MR) is 64.9 cm³/mol. The number of likely N-dealkylation sites (tertiary alicyclic amines) is 1.